The van der Waals surface area contributed by atoms with Crippen LogP contribution in [-0.4, -0.2) is 28.5 Å². The molecule has 2 aromatic carbocycles. The van der Waals surface area contributed by atoms with Crippen LogP contribution in [0.25, 0.3) is 16.8 Å². The quantitative estimate of drug-likeness (QED) is 0.574. The second-order valence-corrected chi connectivity index (χ2v) is 6.40. The fourth-order valence-electron chi connectivity index (χ4n) is 3.26. The van der Waals surface area contributed by atoms with Gasteiger partial charge in [0.1, 0.15) is 11.6 Å². The molecule has 0 unspecified atom stereocenters. The van der Waals surface area contributed by atoms with Crippen LogP contribution in [0.4, 0.5) is 5.82 Å². The zero-order valence-electron chi connectivity index (χ0n) is 15.3. The first-order chi connectivity index (χ1) is 13.8. The van der Waals surface area contributed by atoms with E-state index in [0.29, 0.717) is 6.54 Å². The van der Waals surface area contributed by atoms with E-state index in [-0.39, 0.29) is 6.79 Å². The SMILES string of the molecule is COc1cccc(-c2cnn3c(NCc4ccc5c(c4)OCO5)ccnc23)c1. The number of benzene rings is 2. The molecule has 7 nitrogen and oxygen atoms in total. The highest BCUT2D eigenvalue weighted by Crippen LogP contribution is 2.33. The fraction of sp³-hybridized carbons (Fsp3) is 0.143. The lowest BCUT2D eigenvalue weighted by Gasteiger charge is -2.09. The third-order valence-electron chi connectivity index (χ3n) is 4.69. The Hall–Kier alpha value is -3.74. The number of nitrogens with one attached hydrogen (secondary N) is 1. The van der Waals surface area contributed by atoms with E-state index < -0.39 is 0 Å². The van der Waals surface area contributed by atoms with Crippen molar-refractivity contribution in [3.05, 3.63) is 66.5 Å². The van der Waals surface area contributed by atoms with Crippen molar-refractivity contribution in [2.24, 2.45) is 0 Å². The summed E-state index contributed by atoms with van der Waals surface area (Å²) in [6, 6.07) is 15.7. The van der Waals surface area contributed by atoms with Crippen LogP contribution in [0.5, 0.6) is 17.2 Å². The zero-order chi connectivity index (χ0) is 18.9. The highest BCUT2D eigenvalue weighted by molar-refractivity contribution is 5.78. The normalized spacial score (nSPS) is 12.3. The van der Waals surface area contributed by atoms with Crippen LogP contribution in [0.1, 0.15) is 5.56 Å². The zero-order valence-corrected chi connectivity index (χ0v) is 15.3. The summed E-state index contributed by atoms with van der Waals surface area (Å²) >= 11 is 0. The number of anilines is 1. The van der Waals surface area contributed by atoms with E-state index in [9.17, 15) is 0 Å². The minimum atomic E-state index is 0.275. The molecular formula is C21H18N4O3. The lowest BCUT2D eigenvalue weighted by molar-refractivity contribution is 0.174. The van der Waals surface area contributed by atoms with Gasteiger partial charge in [-0.25, -0.2) is 4.98 Å². The Kier molecular flexibility index (Phi) is 3.97. The van der Waals surface area contributed by atoms with E-state index in [1.54, 1.807) is 13.3 Å². The van der Waals surface area contributed by atoms with Crippen molar-refractivity contribution in [1.29, 1.82) is 0 Å². The maximum atomic E-state index is 5.44. The predicted molar refractivity (Wildman–Crippen MR) is 105 cm³/mol. The van der Waals surface area contributed by atoms with E-state index in [1.807, 2.05) is 59.2 Å². The maximum absolute atomic E-state index is 5.44. The monoisotopic (exact) mass is 374 g/mol. The van der Waals surface area contributed by atoms with Crippen LogP contribution >= 0.6 is 0 Å². The number of hydrogen-bond acceptors (Lipinski definition) is 6. The molecule has 7 heteroatoms. The molecule has 0 saturated heterocycles. The first-order valence-electron chi connectivity index (χ1n) is 8.91. The number of hydrogen-bond donors (Lipinski definition) is 1. The molecule has 5 rings (SSSR count). The Labute approximate surface area is 161 Å². The van der Waals surface area contributed by atoms with Gasteiger partial charge in [-0.1, -0.05) is 18.2 Å². The second-order valence-electron chi connectivity index (χ2n) is 6.40. The Morgan fingerprint density at radius 1 is 1.11 bits per heavy atom. The molecule has 0 atom stereocenters. The van der Waals surface area contributed by atoms with E-state index >= 15 is 0 Å². The summed E-state index contributed by atoms with van der Waals surface area (Å²) in [6.07, 6.45) is 3.60. The molecule has 0 aliphatic carbocycles. The number of ether oxygens (including phenoxy) is 3. The average molecular weight is 374 g/mol. The van der Waals surface area contributed by atoms with Crippen molar-refractivity contribution < 1.29 is 14.2 Å². The molecule has 28 heavy (non-hydrogen) atoms. The van der Waals surface area contributed by atoms with Gasteiger partial charge in [0.05, 0.1) is 13.3 Å². The molecule has 0 saturated carbocycles. The molecule has 4 aromatic rings. The third kappa shape index (κ3) is 2.87. The third-order valence-corrected chi connectivity index (χ3v) is 4.69. The number of rotatable bonds is 5. The van der Waals surface area contributed by atoms with Gasteiger partial charge in [-0.15, -0.1) is 0 Å². The highest BCUT2D eigenvalue weighted by atomic mass is 16.7. The van der Waals surface area contributed by atoms with Crippen molar-refractivity contribution in [2.45, 2.75) is 6.54 Å². The van der Waals surface area contributed by atoms with Crippen LogP contribution in [0.2, 0.25) is 0 Å². The minimum Gasteiger partial charge on any atom is -0.497 e. The Morgan fingerprint density at radius 3 is 2.96 bits per heavy atom. The summed E-state index contributed by atoms with van der Waals surface area (Å²) in [5.74, 6) is 3.22. The summed E-state index contributed by atoms with van der Waals surface area (Å²) in [6.45, 7) is 0.904. The summed E-state index contributed by atoms with van der Waals surface area (Å²) < 4.78 is 17.9. The van der Waals surface area contributed by atoms with E-state index in [0.717, 1.165) is 45.4 Å². The van der Waals surface area contributed by atoms with Crippen LogP contribution in [0, 0.1) is 0 Å². The Bertz CT molecular complexity index is 1160. The molecule has 2 aromatic heterocycles. The highest BCUT2D eigenvalue weighted by Gasteiger charge is 2.14. The van der Waals surface area contributed by atoms with E-state index in [4.69, 9.17) is 14.2 Å². The molecule has 0 bridgehead atoms. The molecule has 0 fully saturated rings. The molecule has 3 heterocycles. The largest absolute Gasteiger partial charge is 0.497 e. The van der Waals surface area contributed by atoms with Crippen molar-refractivity contribution in [2.75, 3.05) is 19.2 Å². The van der Waals surface area contributed by atoms with Gasteiger partial charge >= 0.3 is 0 Å². The van der Waals surface area contributed by atoms with Crippen LogP contribution in [-0.2, 0) is 6.54 Å². The van der Waals surface area contributed by atoms with Gasteiger partial charge in [-0.3, -0.25) is 0 Å². The minimum absolute atomic E-state index is 0.275. The number of aromatic nitrogens is 3. The lowest BCUT2D eigenvalue weighted by atomic mass is 10.1. The summed E-state index contributed by atoms with van der Waals surface area (Å²) in [5.41, 5.74) is 3.83. The van der Waals surface area contributed by atoms with Gasteiger partial charge in [0.25, 0.3) is 0 Å². The predicted octanol–water partition coefficient (Wildman–Crippen LogP) is 3.75. The van der Waals surface area contributed by atoms with Crippen molar-refractivity contribution in [1.82, 2.24) is 14.6 Å². The molecule has 1 aliphatic heterocycles. The van der Waals surface area contributed by atoms with E-state index in [1.165, 1.54) is 0 Å². The topological polar surface area (TPSA) is 69.9 Å². The molecule has 1 N–H and O–H groups in total. The lowest BCUT2D eigenvalue weighted by Crippen LogP contribution is -2.05. The van der Waals surface area contributed by atoms with Crippen LogP contribution in [0.3, 0.4) is 0 Å². The molecule has 0 radical (unpaired) electrons. The first-order valence-corrected chi connectivity index (χ1v) is 8.91. The van der Waals surface area contributed by atoms with Gasteiger partial charge < -0.3 is 19.5 Å². The number of fused-ring (bicyclic) bond motifs is 2. The van der Waals surface area contributed by atoms with Crippen molar-refractivity contribution >= 4 is 11.5 Å². The van der Waals surface area contributed by atoms with Gasteiger partial charge in [0.2, 0.25) is 6.79 Å². The fourth-order valence-corrected chi connectivity index (χ4v) is 3.26. The number of methoxy groups -OCH3 is 1. The first kappa shape index (κ1) is 16.4. The average Bonchev–Trinajstić information content (AvgIpc) is 3.39. The molecule has 1 aliphatic rings. The Balaban J connectivity index is 1.43. The standard InChI is InChI=1S/C21H18N4O3/c1-26-16-4-2-3-15(10-16)17-12-24-25-20(7-8-22-21(17)25)23-11-14-5-6-18-19(9-14)28-13-27-18/h2-10,12,23H,11,13H2,1H3. The molecule has 140 valence electrons. The van der Waals surface area contributed by atoms with Gasteiger partial charge in [-0.05, 0) is 41.5 Å². The molecular weight excluding hydrogens is 356 g/mol. The van der Waals surface area contributed by atoms with Gasteiger partial charge in [-0.2, -0.15) is 9.61 Å². The molecule has 0 spiro atoms. The summed E-state index contributed by atoms with van der Waals surface area (Å²) in [7, 11) is 1.66. The smallest absolute Gasteiger partial charge is 0.231 e. The van der Waals surface area contributed by atoms with E-state index in [2.05, 4.69) is 15.4 Å². The molecule has 0 amide bonds. The van der Waals surface area contributed by atoms with Crippen molar-refractivity contribution in [3.8, 4) is 28.4 Å². The number of nitrogens with zero attached hydrogens (tertiary/aromatic N) is 3. The Morgan fingerprint density at radius 2 is 2.04 bits per heavy atom. The maximum Gasteiger partial charge on any atom is 0.231 e. The summed E-state index contributed by atoms with van der Waals surface area (Å²) in [5, 5.41) is 7.95. The van der Waals surface area contributed by atoms with Gasteiger partial charge in [0, 0.05) is 18.3 Å². The van der Waals surface area contributed by atoms with Crippen molar-refractivity contribution in [3.63, 3.8) is 0 Å². The van der Waals surface area contributed by atoms with Crippen LogP contribution in [0.15, 0.2) is 60.9 Å². The summed E-state index contributed by atoms with van der Waals surface area (Å²) in [4.78, 5) is 4.52. The van der Waals surface area contributed by atoms with Gasteiger partial charge in [0.15, 0.2) is 17.1 Å². The van der Waals surface area contributed by atoms with Crippen LogP contribution < -0.4 is 19.5 Å². The second kappa shape index (κ2) is 6.77.